The number of carbonyl (C=O) groups excluding carboxylic acids is 3. The number of imidazole rings is 3. The highest BCUT2D eigenvalue weighted by Gasteiger charge is 2.20. The largest absolute Gasteiger partial charge is 0.497 e. The molecule has 28 heteroatoms. The zero-order valence-electron chi connectivity index (χ0n) is 63.5. The van der Waals surface area contributed by atoms with Crippen molar-refractivity contribution in [2.24, 2.45) is 5.73 Å². The first-order valence-corrected chi connectivity index (χ1v) is 37.4. The molecule has 4 N–H and O–H groups in total. The molecule has 0 bridgehead atoms. The highest BCUT2D eigenvalue weighted by Crippen LogP contribution is 2.30. The summed E-state index contributed by atoms with van der Waals surface area (Å²) in [5, 5.41) is 6.32. The van der Waals surface area contributed by atoms with Crippen LogP contribution in [0.1, 0.15) is 62.5 Å². The number of nitrogens with two attached hydrogens (primary N) is 1. The highest BCUT2D eigenvalue weighted by molar-refractivity contribution is 6.67. The van der Waals surface area contributed by atoms with Gasteiger partial charge in [-0.15, -0.1) is 23.2 Å². The number of nitrogens with one attached hydrogen (secondary N) is 2. The second-order valence-electron chi connectivity index (χ2n) is 24.9. The quantitative estimate of drug-likeness (QED) is 0.0197. The van der Waals surface area contributed by atoms with Gasteiger partial charge in [-0.2, -0.15) is 0 Å². The fraction of sp³-hybridized carbons (Fsp3) is 0.182. The van der Waals surface area contributed by atoms with Crippen molar-refractivity contribution in [1.82, 2.24) is 53.7 Å². The van der Waals surface area contributed by atoms with Crippen LogP contribution in [0, 0.1) is 19.7 Å². The van der Waals surface area contributed by atoms with Crippen molar-refractivity contribution in [1.29, 1.82) is 0 Å². The normalized spacial score (nSPS) is 10.4. The van der Waals surface area contributed by atoms with E-state index in [2.05, 4.69) is 62.0 Å². The Morgan fingerprint density at radius 1 is 0.431 bits per heavy atom. The van der Waals surface area contributed by atoms with Gasteiger partial charge < -0.3 is 49.9 Å². The van der Waals surface area contributed by atoms with Crippen molar-refractivity contribution in [2.45, 2.75) is 33.9 Å². The number of benzene rings is 8. The van der Waals surface area contributed by atoms with E-state index in [1.807, 2.05) is 154 Å². The summed E-state index contributed by atoms with van der Waals surface area (Å²) < 4.78 is 33.1. The third-order valence-electron chi connectivity index (χ3n) is 17.6. The van der Waals surface area contributed by atoms with Crippen LogP contribution in [0.3, 0.4) is 0 Å². The average Bonchev–Trinajstić information content (AvgIpc) is 1.64. The molecule has 0 unspecified atom stereocenters. The molecule has 0 saturated heterocycles. The Balaban J connectivity index is 0.000000185. The molecule has 25 nitrogen and oxygen atoms in total. The van der Waals surface area contributed by atoms with Crippen molar-refractivity contribution in [3.05, 3.63) is 318 Å². The van der Waals surface area contributed by atoms with Crippen LogP contribution in [-0.2, 0) is 19.5 Å². The van der Waals surface area contributed by atoms with E-state index in [-0.39, 0.29) is 41.7 Å². The lowest BCUT2D eigenvalue weighted by molar-refractivity contribution is 0.0980. The minimum Gasteiger partial charge on any atom is -0.497 e. The summed E-state index contributed by atoms with van der Waals surface area (Å²) in [6, 6.07) is 60.4. The highest BCUT2D eigenvalue weighted by atomic mass is 35.5. The number of hydrogen-bond donors (Lipinski definition) is 3. The summed E-state index contributed by atoms with van der Waals surface area (Å²) >= 11 is 15.1. The molecule has 116 heavy (non-hydrogen) atoms. The minimum absolute atomic E-state index is 0. The molecule has 0 atom stereocenters. The SMILES string of the molecule is C.COc1ccc(CNCCOc2ccc(-c3cnc4cnc(C(=O)Cl)cn34)cc2)cc1.ClCCl.[C-]#[N+]c1ccc(CC)cc1.[C-]#[N+]c1ccc(N(C)C(=O)c2cn3c(-c4ccc(OCCN)cc4)cnc3cn2)cc1.[C-]#[N+]c1ccc(N(C)C(=O)c2cn3c(-c4ccc(OCCNCc5ccc(OC)cc5)cc4)cnc3cn2)cc1. The number of aromatic nitrogens is 9. The second kappa shape index (κ2) is 44.0. The number of halogens is 3. The molecular formula is C88H84Cl3N17O8. The standard InChI is InChI=1S/C31H28N6O3.C23H21ClN4O3.C23H20N6O2.C9H9N.CH2Cl2.CH4/c1-32-24-8-10-25(11-9-24)36(2)31(38)28-21-37-29(19-35-30(37)20-34-28)23-6-14-27(15-7-23)40-17-16-33-18-22-4-12-26(39-3)13-5-22;1-30-18-6-2-16(3-7-18)12-25-10-11-31-19-8-4-17(5-9-19)21-13-27-22-14-26-20(23(24)29)15-28(21)22;1-25-17-5-7-18(8-6-17)28(2)23(30)20-15-29-21(13-27-22(29)14-26-20)16-3-9-19(10-4-16)31-12-11-24;1-3-8-4-6-9(10-2)7-5-8;2-1-3;/h4-15,19-21,33H,16-18H2,2-3H3;2-9,13-15,25H,10-12H2,1H3;3-10,13-15H,11-12,24H2,2H3;4-7H,3H2,1H3;1H2;1H4. The number of hydrogen-bond acceptors (Lipinski definition) is 17. The monoisotopic (exact) mass is 1610 g/mol. The molecule has 0 fully saturated rings. The van der Waals surface area contributed by atoms with Gasteiger partial charge >= 0.3 is 0 Å². The number of methoxy groups -OCH3 is 2. The maximum absolute atomic E-state index is 13.2. The lowest BCUT2D eigenvalue weighted by Gasteiger charge is -2.17. The van der Waals surface area contributed by atoms with Crippen molar-refractivity contribution >= 4 is 97.2 Å². The number of amides is 2. The molecule has 0 radical (unpaired) electrons. The predicted molar refractivity (Wildman–Crippen MR) is 457 cm³/mol. The first-order valence-electron chi connectivity index (χ1n) is 35.9. The van der Waals surface area contributed by atoms with Gasteiger partial charge in [0.05, 0.1) is 93.5 Å². The second-order valence-corrected chi connectivity index (χ2v) is 26.0. The van der Waals surface area contributed by atoms with Crippen LogP contribution >= 0.6 is 34.8 Å². The van der Waals surface area contributed by atoms with Crippen LogP contribution in [0.15, 0.2) is 250 Å². The van der Waals surface area contributed by atoms with Gasteiger partial charge in [0, 0.05) is 93.5 Å². The fourth-order valence-electron chi connectivity index (χ4n) is 11.3. The molecule has 0 aliphatic rings. The molecule has 0 aliphatic heterocycles. The first kappa shape index (κ1) is 86.4. The Kier molecular flexibility index (Phi) is 32.8. The zero-order chi connectivity index (χ0) is 81.4. The summed E-state index contributed by atoms with van der Waals surface area (Å²) in [6.45, 7) is 27.9. The minimum atomic E-state index is -0.606. The van der Waals surface area contributed by atoms with Crippen LogP contribution in [0.25, 0.3) is 65.2 Å². The zero-order valence-corrected chi connectivity index (χ0v) is 65.7. The Bertz CT molecular complexity index is 5640. The number of fused-ring (bicyclic) bond motifs is 3. The van der Waals surface area contributed by atoms with E-state index in [4.69, 9.17) is 83.9 Å². The molecule has 590 valence electrons. The van der Waals surface area contributed by atoms with Crippen molar-refractivity contribution in [2.75, 3.05) is 82.9 Å². The maximum Gasteiger partial charge on any atom is 0.278 e. The van der Waals surface area contributed by atoms with E-state index in [0.29, 0.717) is 72.6 Å². The summed E-state index contributed by atoms with van der Waals surface area (Å²) in [5.74, 6) is 3.46. The summed E-state index contributed by atoms with van der Waals surface area (Å²) in [6.07, 6.45) is 15.9. The number of alkyl halides is 2. The van der Waals surface area contributed by atoms with Crippen LogP contribution < -0.4 is 49.9 Å². The first-order chi connectivity index (χ1) is 56.1. The summed E-state index contributed by atoms with van der Waals surface area (Å²) in [5.41, 5.74) is 20.2. The molecule has 2 amide bonds. The van der Waals surface area contributed by atoms with Gasteiger partial charge in [0.2, 0.25) is 0 Å². The van der Waals surface area contributed by atoms with Gasteiger partial charge in [-0.3, -0.25) is 27.6 Å². The van der Waals surface area contributed by atoms with Gasteiger partial charge in [0.1, 0.15) is 65.6 Å². The topological polar surface area (TPSA) is 258 Å². The molecule has 0 aliphatic carbocycles. The number of anilines is 2. The van der Waals surface area contributed by atoms with Gasteiger partial charge in [-0.1, -0.05) is 92.7 Å². The Morgan fingerprint density at radius 3 is 1.04 bits per heavy atom. The van der Waals surface area contributed by atoms with Crippen molar-refractivity contribution < 1.29 is 38.1 Å². The Hall–Kier alpha value is -13.6. The van der Waals surface area contributed by atoms with Gasteiger partial charge in [0.25, 0.3) is 17.1 Å². The van der Waals surface area contributed by atoms with Crippen LogP contribution in [0.5, 0.6) is 28.7 Å². The van der Waals surface area contributed by atoms with Crippen LogP contribution in [0.4, 0.5) is 28.4 Å². The van der Waals surface area contributed by atoms with E-state index in [1.165, 1.54) is 32.7 Å². The van der Waals surface area contributed by atoms with Crippen molar-refractivity contribution in [3.63, 3.8) is 0 Å². The smallest absolute Gasteiger partial charge is 0.278 e. The number of rotatable bonds is 26. The lowest BCUT2D eigenvalue weighted by Crippen LogP contribution is -2.27. The lowest BCUT2D eigenvalue weighted by atomic mass is 10.1. The summed E-state index contributed by atoms with van der Waals surface area (Å²) in [7, 11) is 6.68. The maximum atomic E-state index is 13.2. The van der Waals surface area contributed by atoms with Crippen molar-refractivity contribution in [3.8, 4) is 62.5 Å². The van der Waals surface area contributed by atoms with E-state index in [9.17, 15) is 14.4 Å². The Labute approximate surface area is 687 Å². The molecule has 0 spiro atoms. The average molecular weight is 1610 g/mol. The number of aryl methyl sites for hydroxylation is 1. The van der Waals surface area contributed by atoms with Gasteiger partial charge in [-0.25, -0.2) is 44.4 Å². The molecule has 0 saturated carbocycles. The molecule has 6 aromatic heterocycles. The van der Waals surface area contributed by atoms with Gasteiger partial charge in [-0.05, 0) is 150 Å². The van der Waals surface area contributed by atoms with E-state index < -0.39 is 5.24 Å². The van der Waals surface area contributed by atoms with E-state index >= 15 is 0 Å². The third kappa shape index (κ3) is 23.8. The molecule has 14 aromatic rings. The van der Waals surface area contributed by atoms with Crippen LogP contribution in [0.2, 0.25) is 0 Å². The molecule has 6 heterocycles. The Morgan fingerprint density at radius 2 is 0.733 bits per heavy atom. The van der Waals surface area contributed by atoms with Gasteiger partial charge in [0.15, 0.2) is 34.0 Å². The molecular weight excluding hydrogens is 1530 g/mol. The van der Waals surface area contributed by atoms with E-state index in [0.717, 1.165) is 94.3 Å². The van der Waals surface area contributed by atoms with Crippen LogP contribution in [-0.4, -0.2) is 133 Å². The summed E-state index contributed by atoms with van der Waals surface area (Å²) in [4.78, 5) is 76.4. The fourth-order valence-corrected chi connectivity index (χ4v) is 11.4. The number of nitrogens with zero attached hydrogens (tertiary/aromatic N) is 14. The number of carbonyl (C=O) groups is 3. The molecule has 14 rings (SSSR count). The third-order valence-corrected chi connectivity index (χ3v) is 17.7. The van der Waals surface area contributed by atoms with E-state index in [1.54, 1.807) is 131 Å². The predicted octanol–water partition coefficient (Wildman–Crippen LogP) is 17.8. The number of ether oxygens (including phenoxy) is 5. The molecule has 8 aromatic carbocycles.